The highest BCUT2D eigenvalue weighted by Gasteiger charge is 2.37. The van der Waals surface area contributed by atoms with E-state index in [-0.39, 0.29) is 23.7 Å². The first-order valence-electron chi connectivity index (χ1n) is 8.21. The second-order valence-corrected chi connectivity index (χ2v) is 8.67. The lowest BCUT2D eigenvalue weighted by atomic mass is 10.1. The van der Waals surface area contributed by atoms with Crippen LogP contribution >= 0.6 is 0 Å². The minimum absolute atomic E-state index is 0.0904. The lowest BCUT2D eigenvalue weighted by molar-refractivity contribution is 0.0653. The third-order valence-electron chi connectivity index (χ3n) is 4.65. The molecule has 0 aromatic carbocycles. The van der Waals surface area contributed by atoms with Gasteiger partial charge in [0, 0.05) is 37.9 Å². The summed E-state index contributed by atoms with van der Waals surface area (Å²) < 4.78 is 27.7. The lowest BCUT2D eigenvalue weighted by Crippen LogP contribution is -2.50. The smallest absolute Gasteiger partial charge is 0.274 e. The van der Waals surface area contributed by atoms with Crippen molar-refractivity contribution in [1.82, 2.24) is 18.8 Å². The van der Waals surface area contributed by atoms with E-state index in [9.17, 15) is 13.2 Å². The van der Waals surface area contributed by atoms with Crippen molar-refractivity contribution in [2.75, 3.05) is 25.4 Å². The Bertz CT molecular complexity index is 683. The standard InChI is InChI=1S/C15H24N4O3S/c1-12(2)18-10-14(16-11-18)15(20)17-6-3-5-13(9-17)19-7-4-8-23(19,21)22/h10-13H,3-9H2,1-2H3/t13-/m0/s1. The van der Waals surface area contributed by atoms with Crippen LogP contribution in [0.5, 0.6) is 0 Å². The fourth-order valence-corrected chi connectivity index (χ4v) is 5.10. The van der Waals surface area contributed by atoms with Crippen molar-refractivity contribution in [2.24, 2.45) is 0 Å². The minimum Gasteiger partial charge on any atom is -0.336 e. The van der Waals surface area contributed by atoms with Crippen LogP contribution < -0.4 is 0 Å². The van der Waals surface area contributed by atoms with Crippen LogP contribution in [0.2, 0.25) is 0 Å². The van der Waals surface area contributed by atoms with Gasteiger partial charge in [0.1, 0.15) is 5.69 Å². The van der Waals surface area contributed by atoms with Gasteiger partial charge in [-0.25, -0.2) is 13.4 Å². The lowest BCUT2D eigenvalue weighted by Gasteiger charge is -2.36. The summed E-state index contributed by atoms with van der Waals surface area (Å²) >= 11 is 0. The molecule has 0 radical (unpaired) electrons. The number of rotatable bonds is 3. The van der Waals surface area contributed by atoms with E-state index in [1.807, 2.05) is 18.4 Å². The third-order valence-corrected chi connectivity index (χ3v) is 6.65. The van der Waals surface area contributed by atoms with Gasteiger partial charge in [-0.3, -0.25) is 4.79 Å². The van der Waals surface area contributed by atoms with E-state index < -0.39 is 10.0 Å². The fourth-order valence-electron chi connectivity index (χ4n) is 3.33. The SMILES string of the molecule is CC(C)n1cnc(C(=O)N2CCC[C@H](N3CCCS3(=O)=O)C2)c1. The van der Waals surface area contributed by atoms with Crippen molar-refractivity contribution < 1.29 is 13.2 Å². The summed E-state index contributed by atoms with van der Waals surface area (Å²) in [5.74, 6) is 0.127. The van der Waals surface area contributed by atoms with Gasteiger partial charge in [0.15, 0.2) is 0 Å². The Hall–Kier alpha value is -1.41. The van der Waals surface area contributed by atoms with Gasteiger partial charge in [-0.15, -0.1) is 0 Å². The highest BCUT2D eigenvalue weighted by atomic mass is 32.2. The van der Waals surface area contributed by atoms with Gasteiger partial charge < -0.3 is 9.47 Å². The summed E-state index contributed by atoms with van der Waals surface area (Å²) in [5, 5.41) is 0. The number of sulfonamides is 1. The maximum atomic E-state index is 12.6. The largest absolute Gasteiger partial charge is 0.336 e. The van der Waals surface area contributed by atoms with Crippen LogP contribution in [0.4, 0.5) is 0 Å². The molecule has 2 saturated heterocycles. The number of imidazole rings is 1. The minimum atomic E-state index is -3.13. The number of carbonyl (C=O) groups is 1. The molecule has 3 heterocycles. The summed E-state index contributed by atoms with van der Waals surface area (Å²) in [6, 6.07) is 0.167. The average Bonchev–Trinajstić information content (AvgIpc) is 3.13. The molecule has 23 heavy (non-hydrogen) atoms. The third kappa shape index (κ3) is 3.28. The molecule has 0 N–H and O–H groups in total. The van der Waals surface area contributed by atoms with E-state index >= 15 is 0 Å². The molecule has 1 aromatic rings. The summed E-state index contributed by atoms with van der Waals surface area (Å²) in [6.45, 7) is 5.78. The van der Waals surface area contributed by atoms with E-state index in [1.165, 1.54) is 0 Å². The van der Waals surface area contributed by atoms with Crippen molar-refractivity contribution in [3.63, 3.8) is 0 Å². The van der Waals surface area contributed by atoms with E-state index in [0.717, 1.165) is 12.8 Å². The molecule has 0 bridgehead atoms. The Morgan fingerprint density at radius 1 is 1.30 bits per heavy atom. The van der Waals surface area contributed by atoms with Gasteiger partial charge in [-0.05, 0) is 33.1 Å². The molecule has 0 saturated carbocycles. The summed E-state index contributed by atoms with van der Waals surface area (Å²) in [5.41, 5.74) is 0.434. The average molecular weight is 340 g/mol. The van der Waals surface area contributed by atoms with Crippen LogP contribution in [-0.4, -0.2) is 64.5 Å². The second-order valence-electron chi connectivity index (χ2n) is 6.63. The molecule has 0 spiro atoms. The van der Waals surface area contributed by atoms with Gasteiger partial charge in [0.25, 0.3) is 5.91 Å². The number of hydrogen-bond acceptors (Lipinski definition) is 4. The molecule has 1 atom stereocenters. The molecule has 2 aliphatic heterocycles. The Balaban J connectivity index is 1.71. The number of carbonyl (C=O) groups excluding carboxylic acids is 1. The number of piperidine rings is 1. The summed E-state index contributed by atoms with van der Waals surface area (Å²) in [4.78, 5) is 18.6. The first-order chi connectivity index (χ1) is 10.9. The van der Waals surface area contributed by atoms with Crippen LogP contribution in [0.1, 0.15) is 49.6 Å². The molecule has 128 valence electrons. The first kappa shape index (κ1) is 16.4. The van der Waals surface area contributed by atoms with Crippen LogP contribution in [-0.2, 0) is 10.0 Å². The van der Waals surface area contributed by atoms with Crippen molar-refractivity contribution in [3.8, 4) is 0 Å². The molecular formula is C15H24N4O3S. The Kier molecular flexibility index (Phi) is 4.46. The van der Waals surface area contributed by atoms with Gasteiger partial charge >= 0.3 is 0 Å². The maximum absolute atomic E-state index is 12.6. The second kappa shape index (κ2) is 6.24. The monoisotopic (exact) mass is 340 g/mol. The van der Waals surface area contributed by atoms with E-state index in [0.29, 0.717) is 31.7 Å². The zero-order valence-electron chi connectivity index (χ0n) is 13.7. The fraction of sp³-hybridized carbons (Fsp3) is 0.733. The number of amides is 1. The Labute approximate surface area is 137 Å². The zero-order valence-corrected chi connectivity index (χ0v) is 14.5. The topological polar surface area (TPSA) is 75.5 Å². The molecule has 0 unspecified atom stereocenters. The van der Waals surface area contributed by atoms with Gasteiger partial charge in [0.2, 0.25) is 10.0 Å². The number of hydrogen-bond donors (Lipinski definition) is 0. The molecule has 1 amide bonds. The summed E-state index contributed by atoms with van der Waals surface area (Å²) in [6.07, 6.45) is 5.77. The molecule has 2 fully saturated rings. The predicted octanol–water partition coefficient (Wildman–Crippen LogP) is 1.10. The predicted molar refractivity (Wildman–Crippen MR) is 86.6 cm³/mol. The van der Waals surface area contributed by atoms with Crippen molar-refractivity contribution in [1.29, 1.82) is 0 Å². The van der Waals surface area contributed by atoms with Crippen molar-refractivity contribution in [3.05, 3.63) is 18.2 Å². The van der Waals surface area contributed by atoms with Gasteiger partial charge in [-0.1, -0.05) is 0 Å². The number of aromatic nitrogens is 2. The molecule has 3 rings (SSSR count). The van der Waals surface area contributed by atoms with Crippen molar-refractivity contribution in [2.45, 2.75) is 45.2 Å². The maximum Gasteiger partial charge on any atom is 0.274 e. The van der Waals surface area contributed by atoms with Crippen LogP contribution in [0, 0.1) is 0 Å². The van der Waals surface area contributed by atoms with Gasteiger partial charge in [0.05, 0.1) is 12.1 Å². The molecular weight excluding hydrogens is 316 g/mol. The zero-order chi connectivity index (χ0) is 16.6. The normalized spacial score (nSPS) is 25.2. The van der Waals surface area contributed by atoms with Gasteiger partial charge in [-0.2, -0.15) is 4.31 Å². The molecule has 2 aliphatic rings. The molecule has 0 aliphatic carbocycles. The van der Waals surface area contributed by atoms with Crippen LogP contribution in [0.25, 0.3) is 0 Å². The highest BCUT2D eigenvalue weighted by molar-refractivity contribution is 7.89. The Morgan fingerprint density at radius 3 is 2.70 bits per heavy atom. The molecule has 8 heteroatoms. The van der Waals surface area contributed by atoms with Crippen LogP contribution in [0.15, 0.2) is 12.5 Å². The number of likely N-dealkylation sites (tertiary alicyclic amines) is 1. The van der Waals surface area contributed by atoms with Crippen molar-refractivity contribution >= 4 is 15.9 Å². The van der Waals surface area contributed by atoms with E-state index in [4.69, 9.17) is 0 Å². The van der Waals surface area contributed by atoms with E-state index in [1.54, 1.807) is 21.7 Å². The molecule has 1 aromatic heterocycles. The first-order valence-corrected chi connectivity index (χ1v) is 9.81. The van der Waals surface area contributed by atoms with Crippen LogP contribution in [0.3, 0.4) is 0 Å². The highest BCUT2D eigenvalue weighted by Crippen LogP contribution is 2.24. The number of nitrogens with zero attached hydrogens (tertiary/aromatic N) is 4. The van der Waals surface area contributed by atoms with E-state index in [2.05, 4.69) is 4.98 Å². The quantitative estimate of drug-likeness (QED) is 0.826. The Morgan fingerprint density at radius 2 is 2.09 bits per heavy atom. The summed E-state index contributed by atoms with van der Waals surface area (Å²) in [7, 11) is -3.13. The molecule has 7 nitrogen and oxygen atoms in total.